The smallest absolute Gasteiger partial charge is 0.104 e. The van der Waals surface area contributed by atoms with Crippen LogP contribution >= 0.6 is 0 Å². The molecule has 1 aromatic heterocycles. The van der Waals surface area contributed by atoms with Crippen molar-refractivity contribution in [3.63, 3.8) is 0 Å². The normalized spacial score (nSPS) is 12.5. The number of nitrogens with zero attached hydrogens (tertiary/aromatic N) is 3. The number of rotatable bonds is 8. The monoisotopic (exact) mass is 442 g/mol. The van der Waals surface area contributed by atoms with E-state index in [0.29, 0.717) is 23.7 Å². The quantitative estimate of drug-likeness (QED) is 0.350. The number of para-hydroxylation sites is 2. The average Bonchev–Trinajstić information content (AvgIpc) is 3.23. The summed E-state index contributed by atoms with van der Waals surface area (Å²) < 4.78 is 0. The van der Waals surface area contributed by atoms with Crippen LogP contribution in [-0.4, -0.2) is 22.6 Å². The van der Waals surface area contributed by atoms with Gasteiger partial charge in [0.2, 0.25) is 0 Å². The lowest BCUT2D eigenvalue weighted by Gasteiger charge is -2.16. The van der Waals surface area contributed by atoms with Crippen LogP contribution in [0.25, 0.3) is 0 Å². The van der Waals surface area contributed by atoms with Crippen molar-refractivity contribution >= 4 is 23.8 Å². The number of benzene rings is 2. The summed E-state index contributed by atoms with van der Waals surface area (Å²) in [5.41, 5.74) is 8.86. The maximum Gasteiger partial charge on any atom is 0.104 e. The van der Waals surface area contributed by atoms with Crippen molar-refractivity contribution in [2.45, 2.75) is 79.1 Å². The molecule has 0 spiro atoms. The van der Waals surface area contributed by atoms with Crippen molar-refractivity contribution in [2.75, 3.05) is 0 Å². The number of hydrogen-bond acceptors (Lipinski definition) is 3. The lowest BCUT2D eigenvalue weighted by atomic mass is 9.93. The number of H-pyrrole nitrogens is 1. The minimum absolute atomic E-state index is 0.411. The number of aliphatic imine (C=N–C) groups is 2. The molecule has 4 heteroatoms. The van der Waals surface area contributed by atoms with Crippen molar-refractivity contribution in [1.82, 2.24) is 10.2 Å². The highest BCUT2D eigenvalue weighted by atomic mass is 15.1. The molecule has 0 unspecified atom stereocenters. The molecule has 0 radical (unpaired) electrons. The zero-order valence-electron chi connectivity index (χ0n) is 21.3. The number of aromatic nitrogens is 2. The maximum absolute atomic E-state index is 4.88. The third-order valence-corrected chi connectivity index (χ3v) is 5.96. The van der Waals surface area contributed by atoms with Gasteiger partial charge in [0.05, 0.1) is 29.5 Å². The Bertz CT molecular complexity index is 990. The lowest BCUT2D eigenvalue weighted by molar-refractivity contribution is 0.834. The summed E-state index contributed by atoms with van der Waals surface area (Å²) in [6.07, 6.45) is 3.72. The van der Waals surface area contributed by atoms with E-state index in [2.05, 4.69) is 102 Å². The zero-order valence-corrected chi connectivity index (χ0v) is 21.3. The molecule has 1 heterocycles. The third kappa shape index (κ3) is 5.87. The molecule has 0 aliphatic rings. The summed E-state index contributed by atoms with van der Waals surface area (Å²) >= 11 is 0. The van der Waals surface area contributed by atoms with Gasteiger partial charge in [-0.1, -0.05) is 91.8 Å². The first kappa shape index (κ1) is 24.6. The second kappa shape index (κ2) is 10.7. The van der Waals surface area contributed by atoms with E-state index in [-0.39, 0.29) is 0 Å². The molecule has 33 heavy (non-hydrogen) atoms. The molecule has 0 aliphatic heterocycles. The Hall–Kier alpha value is -3.01. The first-order valence-corrected chi connectivity index (χ1v) is 12.1. The molecule has 0 saturated carbocycles. The fourth-order valence-electron chi connectivity index (χ4n) is 4.07. The predicted molar refractivity (Wildman–Crippen MR) is 142 cm³/mol. The Balaban J connectivity index is 1.90. The molecular formula is C29H38N4. The summed E-state index contributed by atoms with van der Waals surface area (Å²) in [7, 11) is 0. The highest BCUT2D eigenvalue weighted by molar-refractivity contribution is 5.86. The molecular weight excluding hydrogens is 404 g/mol. The van der Waals surface area contributed by atoms with Crippen LogP contribution < -0.4 is 0 Å². The van der Waals surface area contributed by atoms with Crippen LogP contribution in [0.5, 0.6) is 0 Å². The number of hydrogen-bond donors (Lipinski definition) is 1. The van der Waals surface area contributed by atoms with Crippen LogP contribution in [-0.2, 0) is 0 Å². The van der Waals surface area contributed by atoms with Crippen LogP contribution in [0.15, 0.2) is 52.4 Å². The maximum atomic E-state index is 4.88. The van der Waals surface area contributed by atoms with E-state index in [1.54, 1.807) is 0 Å². The van der Waals surface area contributed by atoms with E-state index in [4.69, 9.17) is 9.98 Å². The molecule has 3 aromatic rings. The van der Waals surface area contributed by atoms with E-state index in [1.807, 2.05) is 18.5 Å². The minimum atomic E-state index is 0.411. The van der Waals surface area contributed by atoms with Gasteiger partial charge in [-0.25, -0.2) is 0 Å². The number of aromatic amines is 1. The van der Waals surface area contributed by atoms with E-state index in [0.717, 1.165) is 22.8 Å². The predicted octanol–water partition coefficient (Wildman–Crippen LogP) is 8.40. The van der Waals surface area contributed by atoms with Gasteiger partial charge >= 0.3 is 0 Å². The van der Waals surface area contributed by atoms with Crippen molar-refractivity contribution in [2.24, 2.45) is 9.98 Å². The van der Waals surface area contributed by atoms with Gasteiger partial charge in [-0.15, -0.1) is 0 Å². The Morgan fingerprint density at radius 3 is 1.42 bits per heavy atom. The molecule has 4 nitrogen and oxygen atoms in total. The molecule has 0 saturated heterocycles. The van der Waals surface area contributed by atoms with Crippen molar-refractivity contribution in [1.29, 1.82) is 0 Å². The van der Waals surface area contributed by atoms with Crippen molar-refractivity contribution in [3.8, 4) is 0 Å². The van der Waals surface area contributed by atoms with Crippen LogP contribution in [0.4, 0.5) is 11.4 Å². The summed E-state index contributed by atoms with van der Waals surface area (Å²) in [4.78, 5) is 9.76. The van der Waals surface area contributed by atoms with Gasteiger partial charge < -0.3 is 0 Å². The van der Waals surface area contributed by atoms with Gasteiger partial charge in [0.15, 0.2) is 0 Å². The summed E-state index contributed by atoms with van der Waals surface area (Å²) in [6, 6.07) is 14.9. The van der Waals surface area contributed by atoms with Crippen LogP contribution in [0.1, 0.15) is 113 Å². The van der Waals surface area contributed by atoms with Gasteiger partial charge in [0.25, 0.3) is 0 Å². The molecule has 3 rings (SSSR count). The largest absolute Gasteiger partial charge is 0.276 e. The molecule has 0 bridgehead atoms. The second-order valence-electron chi connectivity index (χ2n) is 9.95. The second-order valence-corrected chi connectivity index (χ2v) is 9.95. The van der Waals surface area contributed by atoms with Crippen molar-refractivity contribution in [3.05, 3.63) is 76.1 Å². The Kier molecular flexibility index (Phi) is 8.01. The SMILES string of the molecule is CC(C)c1cccc(C(C)C)c1N=Cc1cc(C=Nc2c(C(C)C)cccc2C(C)C)[nH]n1. The van der Waals surface area contributed by atoms with Gasteiger partial charge in [0.1, 0.15) is 5.69 Å². The van der Waals surface area contributed by atoms with Gasteiger partial charge in [-0.3, -0.25) is 15.1 Å². The number of nitrogens with one attached hydrogen (secondary N) is 1. The van der Waals surface area contributed by atoms with Crippen LogP contribution in [0.3, 0.4) is 0 Å². The third-order valence-electron chi connectivity index (χ3n) is 5.96. The van der Waals surface area contributed by atoms with Crippen molar-refractivity contribution < 1.29 is 0 Å². The standard InChI is InChI=1S/C29H38N4/c1-18(2)24-11-9-12-25(19(3)4)28(24)30-16-22-15-23(33-32-22)17-31-29-26(20(5)6)13-10-14-27(29)21(7)8/h9-21H,1-8H3,(H,32,33). The lowest BCUT2D eigenvalue weighted by Crippen LogP contribution is -1.96. The first-order chi connectivity index (χ1) is 15.7. The van der Waals surface area contributed by atoms with Crippen LogP contribution in [0, 0.1) is 0 Å². The van der Waals surface area contributed by atoms with E-state index < -0.39 is 0 Å². The molecule has 0 amide bonds. The molecule has 0 aliphatic carbocycles. The average molecular weight is 443 g/mol. The van der Waals surface area contributed by atoms with E-state index in [9.17, 15) is 0 Å². The van der Waals surface area contributed by atoms with Gasteiger partial charge in [0, 0.05) is 0 Å². The summed E-state index contributed by atoms with van der Waals surface area (Å²) in [5, 5.41) is 7.54. The summed E-state index contributed by atoms with van der Waals surface area (Å²) in [6.45, 7) is 17.7. The Labute approximate surface area is 199 Å². The summed E-state index contributed by atoms with van der Waals surface area (Å²) in [5.74, 6) is 1.65. The van der Waals surface area contributed by atoms with E-state index >= 15 is 0 Å². The molecule has 174 valence electrons. The minimum Gasteiger partial charge on any atom is -0.276 e. The fraction of sp³-hybridized carbons (Fsp3) is 0.414. The van der Waals surface area contributed by atoms with Gasteiger partial charge in [-0.05, 0) is 52.0 Å². The fourth-order valence-corrected chi connectivity index (χ4v) is 4.07. The Morgan fingerprint density at radius 2 is 1.03 bits per heavy atom. The Morgan fingerprint density at radius 1 is 0.636 bits per heavy atom. The molecule has 0 fully saturated rings. The highest BCUT2D eigenvalue weighted by Crippen LogP contribution is 2.35. The van der Waals surface area contributed by atoms with E-state index in [1.165, 1.54) is 22.3 Å². The van der Waals surface area contributed by atoms with Crippen LogP contribution in [0.2, 0.25) is 0 Å². The highest BCUT2D eigenvalue weighted by Gasteiger charge is 2.14. The molecule has 0 atom stereocenters. The first-order valence-electron chi connectivity index (χ1n) is 12.1. The molecule has 2 aromatic carbocycles. The topological polar surface area (TPSA) is 53.4 Å². The van der Waals surface area contributed by atoms with Gasteiger partial charge in [-0.2, -0.15) is 5.10 Å². The zero-order chi connectivity index (χ0) is 24.1. The molecule has 1 N–H and O–H groups in total.